The minimum atomic E-state index is -0.983. The average Bonchev–Trinajstić information content (AvgIpc) is 2.44. The van der Waals surface area contributed by atoms with Gasteiger partial charge in [-0.15, -0.1) is 0 Å². The first kappa shape index (κ1) is 17.8. The number of urea groups is 1. The number of nitrogens with one attached hydrogen (secondary N) is 2. The van der Waals surface area contributed by atoms with E-state index in [0.717, 1.165) is 13.1 Å². The molecule has 3 N–H and O–H groups in total. The Kier molecular flexibility index (Phi) is 7.50. The third kappa shape index (κ3) is 6.80. The number of carbonyl (C=O) groups excluding carboxylic acids is 1. The second kappa shape index (κ2) is 8.87. The van der Waals surface area contributed by atoms with Gasteiger partial charge in [0.1, 0.15) is 6.04 Å². The molecule has 1 saturated heterocycles. The van der Waals surface area contributed by atoms with Crippen LogP contribution >= 0.6 is 0 Å². The maximum atomic E-state index is 11.8. The van der Waals surface area contributed by atoms with Crippen LogP contribution < -0.4 is 10.6 Å². The highest BCUT2D eigenvalue weighted by Crippen LogP contribution is 2.11. The van der Waals surface area contributed by atoms with Crippen molar-refractivity contribution in [3.8, 4) is 0 Å². The summed E-state index contributed by atoms with van der Waals surface area (Å²) >= 11 is 0. The van der Waals surface area contributed by atoms with Crippen LogP contribution in [0.4, 0.5) is 4.79 Å². The molecular formula is C15H29N3O3. The van der Waals surface area contributed by atoms with Gasteiger partial charge in [-0.05, 0) is 45.2 Å². The third-order valence-electron chi connectivity index (χ3n) is 3.88. The zero-order valence-electron chi connectivity index (χ0n) is 13.4. The van der Waals surface area contributed by atoms with Crippen LogP contribution in [0.3, 0.4) is 0 Å². The van der Waals surface area contributed by atoms with Gasteiger partial charge in [-0.2, -0.15) is 0 Å². The van der Waals surface area contributed by atoms with E-state index in [2.05, 4.69) is 22.5 Å². The highest BCUT2D eigenvalue weighted by Gasteiger charge is 2.22. The fourth-order valence-electron chi connectivity index (χ4n) is 2.63. The summed E-state index contributed by atoms with van der Waals surface area (Å²) in [5, 5.41) is 14.4. The Morgan fingerprint density at radius 3 is 2.29 bits per heavy atom. The molecule has 0 spiro atoms. The van der Waals surface area contributed by atoms with Crippen molar-refractivity contribution in [2.45, 2.75) is 58.5 Å². The van der Waals surface area contributed by atoms with Crippen LogP contribution in [-0.2, 0) is 4.79 Å². The molecule has 2 unspecified atom stereocenters. The lowest BCUT2D eigenvalue weighted by Gasteiger charge is -2.32. The summed E-state index contributed by atoms with van der Waals surface area (Å²) in [5.41, 5.74) is 0. The minimum absolute atomic E-state index is 0.221. The Hall–Kier alpha value is -1.30. The molecule has 0 aromatic heterocycles. The molecule has 1 fully saturated rings. The summed E-state index contributed by atoms with van der Waals surface area (Å²) in [6.45, 7) is 8.67. The van der Waals surface area contributed by atoms with Crippen LogP contribution in [0.25, 0.3) is 0 Å². The van der Waals surface area contributed by atoms with Gasteiger partial charge in [0, 0.05) is 12.6 Å². The number of likely N-dealkylation sites (tertiary alicyclic amines) is 1. The smallest absolute Gasteiger partial charge is 0.326 e. The summed E-state index contributed by atoms with van der Waals surface area (Å²) in [5.74, 6) is -0.762. The zero-order valence-corrected chi connectivity index (χ0v) is 13.4. The molecule has 1 aliphatic rings. The van der Waals surface area contributed by atoms with Crippen molar-refractivity contribution in [2.75, 3.05) is 19.6 Å². The van der Waals surface area contributed by atoms with Crippen LogP contribution in [-0.4, -0.2) is 53.7 Å². The number of aliphatic carboxylic acids is 1. The quantitative estimate of drug-likeness (QED) is 0.668. The van der Waals surface area contributed by atoms with Crippen molar-refractivity contribution in [2.24, 2.45) is 5.92 Å². The van der Waals surface area contributed by atoms with E-state index in [0.29, 0.717) is 13.0 Å². The van der Waals surface area contributed by atoms with E-state index >= 15 is 0 Å². The Balaban J connectivity index is 2.32. The molecule has 0 radical (unpaired) electrons. The van der Waals surface area contributed by atoms with Gasteiger partial charge < -0.3 is 15.7 Å². The lowest BCUT2D eigenvalue weighted by atomic mass is 10.0. The van der Waals surface area contributed by atoms with E-state index in [4.69, 9.17) is 5.11 Å². The Morgan fingerprint density at radius 1 is 1.14 bits per heavy atom. The highest BCUT2D eigenvalue weighted by atomic mass is 16.4. The summed E-state index contributed by atoms with van der Waals surface area (Å²) < 4.78 is 0. The molecule has 2 atom stereocenters. The first-order valence-electron chi connectivity index (χ1n) is 7.91. The Labute approximate surface area is 127 Å². The largest absolute Gasteiger partial charge is 0.480 e. The maximum Gasteiger partial charge on any atom is 0.326 e. The number of hydrogen-bond donors (Lipinski definition) is 3. The van der Waals surface area contributed by atoms with Crippen molar-refractivity contribution in [1.82, 2.24) is 15.5 Å². The zero-order chi connectivity index (χ0) is 15.8. The van der Waals surface area contributed by atoms with Gasteiger partial charge in [0.2, 0.25) is 0 Å². The minimum Gasteiger partial charge on any atom is -0.480 e. The third-order valence-corrected chi connectivity index (χ3v) is 3.88. The number of hydrogen-bond acceptors (Lipinski definition) is 3. The summed E-state index contributed by atoms with van der Waals surface area (Å²) in [4.78, 5) is 25.3. The molecule has 0 aromatic rings. The fourth-order valence-corrected chi connectivity index (χ4v) is 2.63. The summed E-state index contributed by atoms with van der Waals surface area (Å²) in [6, 6.07) is -0.938. The molecule has 122 valence electrons. The molecule has 0 aliphatic carbocycles. The second-order valence-corrected chi connectivity index (χ2v) is 6.32. The summed E-state index contributed by atoms with van der Waals surface area (Å²) in [6.07, 6.45) is 4.15. The first-order valence-corrected chi connectivity index (χ1v) is 7.91. The number of carbonyl (C=O) groups is 2. The van der Waals surface area contributed by atoms with Gasteiger partial charge in [-0.3, -0.25) is 4.90 Å². The van der Waals surface area contributed by atoms with E-state index in [1.807, 2.05) is 13.8 Å². The molecule has 1 aliphatic heterocycles. The van der Waals surface area contributed by atoms with E-state index in [-0.39, 0.29) is 12.0 Å². The first-order chi connectivity index (χ1) is 9.90. The predicted octanol–water partition coefficient (Wildman–Crippen LogP) is 1.66. The van der Waals surface area contributed by atoms with E-state index in [1.54, 1.807) is 0 Å². The van der Waals surface area contributed by atoms with Gasteiger partial charge in [-0.1, -0.05) is 20.3 Å². The van der Waals surface area contributed by atoms with E-state index in [9.17, 15) is 9.59 Å². The molecular weight excluding hydrogens is 270 g/mol. The van der Waals surface area contributed by atoms with Crippen LogP contribution in [0.2, 0.25) is 0 Å². The van der Waals surface area contributed by atoms with Gasteiger partial charge in [0.05, 0.1) is 0 Å². The Morgan fingerprint density at radius 2 is 1.76 bits per heavy atom. The number of amides is 2. The number of carboxylic acids is 1. The number of carboxylic acid groups (broad SMARTS) is 1. The number of rotatable bonds is 7. The van der Waals surface area contributed by atoms with Crippen molar-refractivity contribution >= 4 is 12.0 Å². The lowest BCUT2D eigenvalue weighted by Crippen LogP contribution is -2.50. The topological polar surface area (TPSA) is 81.7 Å². The van der Waals surface area contributed by atoms with Gasteiger partial charge in [0.25, 0.3) is 0 Å². The molecule has 6 heteroatoms. The average molecular weight is 299 g/mol. The molecule has 1 heterocycles. The van der Waals surface area contributed by atoms with Crippen molar-refractivity contribution < 1.29 is 14.7 Å². The molecule has 0 saturated carbocycles. The molecule has 0 aromatic carbocycles. The van der Waals surface area contributed by atoms with Crippen LogP contribution in [0.5, 0.6) is 0 Å². The normalized spacial score (nSPS) is 19.0. The van der Waals surface area contributed by atoms with Crippen molar-refractivity contribution in [1.29, 1.82) is 0 Å². The molecule has 21 heavy (non-hydrogen) atoms. The lowest BCUT2D eigenvalue weighted by molar-refractivity contribution is -0.139. The molecule has 0 bridgehead atoms. The summed E-state index contributed by atoms with van der Waals surface area (Å²) in [7, 11) is 0. The van der Waals surface area contributed by atoms with Crippen molar-refractivity contribution in [3.05, 3.63) is 0 Å². The van der Waals surface area contributed by atoms with E-state index in [1.165, 1.54) is 19.3 Å². The number of nitrogens with zero attached hydrogens (tertiary/aromatic N) is 1. The van der Waals surface area contributed by atoms with E-state index < -0.39 is 18.0 Å². The predicted molar refractivity (Wildman–Crippen MR) is 82.3 cm³/mol. The molecule has 1 rings (SSSR count). The molecule has 6 nitrogen and oxygen atoms in total. The van der Waals surface area contributed by atoms with Crippen LogP contribution in [0.1, 0.15) is 46.5 Å². The maximum absolute atomic E-state index is 11.8. The van der Waals surface area contributed by atoms with Crippen LogP contribution in [0, 0.1) is 5.92 Å². The monoisotopic (exact) mass is 299 g/mol. The van der Waals surface area contributed by atoms with Gasteiger partial charge in [0.15, 0.2) is 0 Å². The fraction of sp³-hybridized carbons (Fsp3) is 0.867. The highest BCUT2D eigenvalue weighted by molar-refractivity contribution is 5.82. The Bertz CT molecular complexity index is 341. The van der Waals surface area contributed by atoms with Crippen molar-refractivity contribution in [3.63, 3.8) is 0 Å². The van der Waals surface area contributed by atoms with Crippen LogP contribution in [0.15, 0.2) is 0 Å². The molecule has 2 amide bonds. The standard InChI is InChI=1S/C15H29N3O3/c1-11(2)9-13(14(19)20)17-15(21)16-10-12(3)18-7-5-4-6-8-18/h11-13H,4-10H2,1-3H3,(H,19,20)(H2,16,17,21). The van der Waals surface area contributed by atoms with Gasteiger partial charge >= 0.3 is 12.0 Å². The number of piperidine rings is 1. The van der Waals surface area contributed by atoms with Gasteiger partial charge in [-0.25, -0.2) is 9.59 Å². The second-order valence-electron chi connectivity index (χ2n) is 6.32. The SMILES string of the molecule is CC(C)CC(NC(=O)NCC(C)N1CCCCC1)C(=O)O.